The van der Waals surface area contributed by atoms with Crippen molar-refractivity contribution < 1.29 is 9.72 Å². The van der Waals surface area contributed by atoms with Crippen LogP contribution < -0.4 is 4.90 Å². The van der Waals surface area contributed by atoms with Gasteiger partial charge in [0.05, 0.1) is 10.5 Å². The van der Waals surface area contributed by atoms with E-state index in [0.717, 1.165) is 5.69 Å². The number of hydrogen-bond acceptors (Lipinski definition) is 4. The van der Waals surface area contributed by atoms with E-state index in [2.05, 4.69) is 0 Å². The third kappa shape index (κ3) is 3.01. The van der Waals surface area contributed by atoms with Crippen molar-refractivity contribution in [3.8, 4) is 0 Å². The molecule has 1 saturated heterocycles. The molecule has 0 N–H and O–H groups in total. The van der Waals surface area contributed by atoms with Crippen molar-refractivity contribution >= 4 is 40.7 Å². The first-order valence-electron chi connectivity index (χ1n) is 7.70. The molecule has 0 aromatic heterocycles. The molecule has 25 heavy (non-hydrogen) atoms. The number of carbonyl (C=O) groups excluding carboxylic acids is 1. The fourth-order valence-corrected chi connectivity index (χ4v) is 3.12. The Hall–Kier alpha value is -3.06. The predicted molar refractivity (Wildman–Crippen MR) is 100.0 cm³/mol. The highest BCUT2D eigenvalue weighted by atomic mass is 32.1. The number of likely N-dealkylation sites (N-methyl/N-ethyl adjacent to an activating group) is 1. The van der Waals surface area contributed by atoms with Gasteiger partial charge in [0.2, 0.25) is 0 Å². The lowest BCUT2D eigenvalue weighted by atomic mass is 10.1. The monoisotopic (exact) mass is 353 g/mol. The molecule has 2 aromatic rings. The molecule has 126 valence electrons. The lowest BCUT2D eigenvalue weighted by Gasteiger charge is -2.19. The molecule has 1 fully saturated rings. The second-order valence-electron chi connectivity index (χ2n) is 5.35. The van der Waals surface area contributed by atoms with E-state index >= 15 is 0 Å². The first kappa shape index (κ1) is 16.8. The van der Waals surface area contributed by atoms with Crippen molar-refractivity contribution in [3.63, 3.8) is 0 Å². The Balaban J connectivity index is 2.16. The van der Waals surface area contributed by atoms with Crippen molar-refractivity contribution in [2.75, 3.05) is 11.4 Å². The van der Waals surface area contributed by atoms with Gasteiger partial charge in [-0.3, -0.25) is 24.7 Å². The van der Waals surface area contributed by atoms with Gasteiger partial charge in [-0.05, 0) is 43.4 Å². The summed E-state index contributed by atoms with van der Waals surface area (Å²) in [6.45, 7) is 2.26. The zero-order chi connectivity index (χ0) is 18.0. The summed E-state index contributed by atoms with van der Waals surface area (Å²) in [5.74, 6) is -0.269. The summed E-state index contributed by atoms with van der Waals surface area (Å²) in [6, 6.07) is 15.6. The summed E-state index contributed by atoms with van der Waals surface area (Å²) in [6.07, 6.45) is 1.52. The van der Waals surface area contributed by atoms with Gasteiger partial charge < -0.3 is 0 Å². The number of benzene rings is 2. The summed E-state index contributed by atoms with van der Waals surface area (Å²) in [7, 11) is 0. The van der Waals surface area contributed by atoms with Crippen LogP contribution in [0.25, 0.3) is 6.08 Å². The number of amides is 1. The van der Waals surface area contributed by atoms with Crippen molar-refractivity contribution in [2.24, 2.45) is 0 Å². The minimum absolute atomic E-state index is 0.0586. The normalized spacial score (nSPS) is 16.0. The number of thiocarbonyl (C=S) groups is 1. The molecule has 0 bridgehead atoms. The van der Waals surface area contributed by atoms with Crippen LogP contribution in [0.3, 0.4) is 0 Å². The molecular weight excluding hydrogens is 338 g/mol. The molecule has 1 heterocycles. The molecule has 1 aliphatic rings. The standard InChI is InChI=1S/C18H15N3O3S/c1-2-19-17(22)16(12-13-8-6-7-11-15(13)21(23)24)20(18(19)25)14-9-4-3-5-10-14/h3-12H,2H2,1H3. The number of anilines is 1. The molecule has 1 aliphatic heterocycles. The van der Waals surface area contributed by atoms with Crippen LogP contribution in [0.2, 0.25) is 0 Å². The maximum atomic E-state index is 12.8. The molecule has 3 rings (SSSR count). The topological polar surface area (TPSA) is 66.7 Å². The van der Waals surface area contributed by atoms with E-state index in [1.54, 1.807) is 23.1 Å². The van der Waals surface area contributed by atoms with Crippen molar-refractivity contribution in [2.45, 2.75) is 6.92 Å². The Labute approximate surface area is 150 Å². The summed E-state index contributed by atoms with van der Waals surface area (Å²) in [4.78, 5) is 26.7. The highest BCUT2D eigenvalue weighted by Crippen LogP contribution is 2.31. The van der Waals surface area contributed by atoms with Gasteiger partial charge in [-0.2, -0.15) is 0 Å². The summed E-state index contributed by atoms with van der Waals surface area (Å²) in [5, 5.41) is 11.6. The van der Waals surface area contributed by atoms with Crippen LogP contribution in [-0.4, -0.2) is 27.4 Å². The Morgan fingerprint density at radius 2 is 1.76 bits per heavy atom. The average molecular weight is 353 g/mol. The molecule has 7 heteroatoms. The van der Waals surface area contributed by atoms with E-state index in [1.807, 2.05) is 37.3 Å². The van der Waals surface area contributed by atoms with Crippen molar-refractivity contribution in [1.82, 2.24) is 4.90 Å². The Bertz CT molecular complexity index is 880. The maximum Gasteiger partial charge on any atom is 0.277 e. The lowest BCUT2D eigenvalue weighted by Crippen LogP contribution is -2.32. The number of nitrogens with zero attached hydrogens (tertiary/aromatic N) is 3. The zero-order valence-corrected chi connectivity index (χ0v) is 14.3. The van der Waals surface area contributed by atoms with Gasteiger partial charge in [0.15, 0.2) is 5.11 Å². The quantitative estimate of drug-likeness (QED) is 0.364. The smallest absolute Gasteiger partial charge is 0.277 e. The maximum absolute atomic E-state index is 12.8. The fourth-order valence-electron chi connectivity index (χ4n) is 2.70. The van der Waals surface area contributed by atoms with E-state index in [1.165, 1.54) is 17.0 Å². The number of nitro benzene ring substituents is 1. The minimum Gasteiger partial charge on any atom is -0.283 e. The van der Waals surface area contributed by atoms with Gasteiger partial charge in [0.25, 0.3) is 11.6 Å². The first-order valence-corrected chi connectivity index (χ1v) is 8.11. The van der Waals surface area contributed by atoms with Crippen LogP contribution in [0, 0.1) is 10.1 Å². The largest absolute Gasteiger partial charge is 0.283 e. The SMILES string of the molecule is CCN1C(=O)C(=Cc2ccccc2[N+](=O)[O-])N(c2ccccc2)C1=S. The second-order valence-corrected chi connectivity index (χ2v) is 5.71. The molecular formula is C18H15N3O3S. The van der Waals surface area contributed by atoms with Crippen LogP contribution >= 0.6 is 12.2 Å². The summed E-state index contributed by atoms with van der Waals surface area (Å²) >= 11 is 5.45. The number of para-hydroxylation sites is 2. The number of carbonyl (C=O) groups is 1. The van der Waals surface area contributed by atoms with Crippen LogP contribution in [0.15, 0.2) is 60.3 Å². The van der Waals surface area contributed by atoms with Gasteiger partial charge in [-0.15, -0.1) is 0 Å². The highest BCUT2D eigenvalue weighted by molar-refractivity contribution is 7.80. The molecule has 0 atom stereocenters. The van der Waals surface area contributed by atoms with Crippen LogP contribution in [-0.2, 0) is 4.79 Å². The van der Waals surface area contributed by atoms with Gasteiger partial charge in [0, 0.05) is 18.3 Å². The third-order valence-corrected chi connectivity index (χ3v) is 4.29. The first-order chi connectivity index (χ1) is 12.0. The average Bonchev–Trinajstić information content (AvgIpc) is 2.85. The third-order valence-electron chi connectivity index (χ3n) is 3.88. The van der Waals surface area contributed by atoms with Gasteiger partial charge in [-0.25, -0.2) is 0 Å². The van der Waals surface area contributed by atoms with E-state index in [9.17, 15) is 14.9 Å². The Kier molecular flexibility index (Phi) is 4.58. The molecule has 0 radical (unpaired) electrons. The highest BCUT2D eigenvalue weighted by Gasteiger charge is 2.38. The van der Waals surface area contributed by atoms with Crippen molar-refractivity contribution in [1.29, 1.82) is 0 Å². The molecule has 0 saturated carbocycles. The molecule has 2 aromatic carbocycles. The molecule has 6 nitrogen and oxygen atoms in total. The minimum atomic E-state index is -0.464. The van der Waals surface area contributed by atoms with Crippen molar-refractivity contribution in [3.05, 3.63) is 76.0 Å². The Morgan fingerprint density at radius 1 is 1.12 bits per heavy atom. The molecule has 1 amide bonds. The second kappa shape index (κ2) is 6.82. The van der Waals surface area contributed by atoms with Crippen LogP contribution in [0.4, 0.5) is 11.4 Å². The number of rotatable bonds is 4. The Morgan fingerprint density at radius 3 is 2.40 bits per heavy atom. The number of hydrogen-bond donors (Lipinski definition) is 0. The fraction of sp³-hybridized carbons (Fsp3) is 0.111. The predicted octanol–water partition coefficient (Wildman–Crippen LogP) is 3.59. The van der Waals surface area contributed by atoms with Gasteiger partial charge in [-0.1, -0.05) is 30.3 Å². The van der Waals surface area contributed by atoms with Gasteiger partial charge in [0.1, 0.15) is 5.70 Å². The summed E-state index contributed by atoms with van der Waals surface area (Å²) < 4.78 is 0. The van der Waals surface area contributed by atoms with Crippen LogP contribution in [0.5, 0.6) is 0 Å². The molecule has 0 spiro atoms. The van der Waals surface area contributed by atoms with E-state index in [-0.39, 0.29) is 11.6 Å². The molecule has 0 unspecified atom stereocenters. The number of nitro groups is 1. The van der Waals surface area contributed by atoms with Gasteiger partial charge >= 0.3 is 0 Å². The van der Waals surface area contributed by atoms with E-state index < -0.39 is 4.92 Å². The van der Waals surface area contributed by atoms with E-state index in [4.69, 9.17) is 12.2 Å². The zero-order valence-electron chi connectivity index (χ0n) is 13.5. The van der Waals surface area contributed by atoms with E-state index in [0.29, 0.717) is 22.9 Å². The summed E-state index contributed by atoms with van der Waals surface area (Å²) in [5.41, 5.74) is 1.34. The van der Waals surface area contributed by atoms with Crippen LogP contribution in [0.1, 0.15) is 12.5 Å². The molecule has 0 aliphatic carbocycles. The lowest BCUT2D eigenvalue weighted by molar-refractivity contribution is -0.385.